The molecule has 0 amide bonds. The summed E-state index contributed by atoms with van der Waals surface area (Å²) in [5.74, 6) is 0. The lowest BCUT2D eigenvalue weighted by molar-refractivity contribution is 0.164. The molecular formula is C15H23NO. The van der Waals surface area contributed by atoms with Gasteiger partial charge in [0.25, 0.3) is 0 Å². The van der Waals surface area contributed by atoms with Gasteiger partial charge >= 0.3 is 0 Å². The molecule has 0 aliphatic heterocycles. The van der Waals surface area contributed by atoms with Crippen molar-refractivity contribution in [3.63, 3.8) is 0 Å². The highest BCUT2D eigenvalue weighted by atomic mass is 16.5. The fraction of sp³-hybridized carbons (Fsp3) is 0.467. The van der Waals surface area contributed by atoms with Crippen molar-refractivity contribution in [2.75, 3.05) is 18.0 Å². The third kappa shape index (κ3) is 3.81. The van der Waals surface area contributed by atoms with Gasteiger partial charge in [0, 0.05) is 18.8 Å². The van der Waals surface area contributed by atoms with Crippen LogP contribution in [0, 0.1) is 0 Å². The molecule has 0 radical (unpaired) electrons. The molecule has 0 aliphatic carbocycles. The molecule has 2 heteroatoms. The van der Waals surface area contributed by atoms with Crippen LogP contribution in [0.3, 0.4) is 0 Å². The molecule has 0 heterocycles. The smallest absolute Gasteiger partial charge is 0.120 e. The lowest BCUT2D eigenvalue weighted by Gasteiger charge is -2.21. The van der Waals surface area contributed by atoms with Crippen LogP contribution in [0.1, 0.15) is 39.4 Å². The number of nitrogens with zero attached hydrogens (tertiary/aromatic N) is 1. The van der Waals surface area contributed by atoms with Crippen LogP contribution in [-0.2, 0) is 4.74 Å². The van der Waals surface area contributed by atoms with Crippen LogP contribution in [0.15, 0.2) is 36.6 Å². The van der Waals surface area contributed by atoms with Crippen LogP contribution in [0.5, 0.6) is 0 Å². The lowest BCUT2D eigenvalue weighted by Crippen LogP contribution is -2.21. The Morgan fingerprint density at radius 3 is 2.24 bits per heavy atom. The molecule has 1 aromatic carbocycles. The van der Waals surface area contributed by atoms with Crippen molar-refractivity contribution in [1.29, 1.82) is 0 Å². The van der Waals surface area contributed by atoms with E-state index in [1.54, 1.807) is 6.26 Å². The maximum absolute atomic E-state index is 5.54. The van der Waals surface area contributed by atoms with E-state index in [0.29, 0.717) is 0 Å². The van der Waals surface area contributed by atoms with Crippen LogP contribution in [-0.4, -0.2) is 13.1 Å². The van der Waals surface area contributed by atoms with Crippen molar-refractivity contribution in [3.05, 3.63) is 42.2 Å². The SMILES string of the molecule is CC=COC(C)c1ccc(N(CC)CC)cc1. The minimum Gasteiger partial charge on any atom is -0.494 e. The summed E-state index contributed by atoms with van der Waals surface area (Å²) in [5.41, 5.74) is 2.48. The molecule has 0 aliphatic rings. The summed E-state index contributed by atoms with van der Waals surface area (Å²) >= 11 is 0. The van der Waals surface area contributed by atoms with Gasteiger partial charge in [-0.15, -0.1) is 0 Å². The molecule has 17 heavy (non-hydrogen) atoms. The Balaban J connectivity index is 2.73. The van der Waals surface area contributed by atoms with Gasteiger partial charge in [-0.25, -0.2) is 0 Å². The van der Waals surface area contributed by atoms with E-state index in [-0.39, 0.29) is 6.10 Å². The van der Waals surface area contributed by atoms with E-state index in [9.17, 15) is 0 Å². The molecule has 1 unspecified atom stereocenters. The average molecular weight is 233 g/mol. The number of hydrogen-bond donors (Lipinski definition) is 0. The summed E-state index contributed by atoms with van der Waals surface area (Å²) in [5, 5.41) is 0. The minimum absolute atomic E-state index is 0.108. The number of benzene rings is 1. The van der Waals surface area contributed by atoms with E-state index in [1.807, 2.05) is 13.0 Å². The number of ether oxygens (including phenoxy) is 1. The Morgan fingerprint density at radius 2 is 1.76 bits per heavy atom. The summed E-state index contributed by atoms with van der Waals surface area (Å²) in [7, 11) is 0. The summed E-state index contributed by atoms with van der Waals surface area (Å²) in [6.07, 6.45) is 3.75. The molecule has 0 saturated heterocycles. The van der Waals surface area contributed by atoms with E-state index >= 15 is 0 Å². The first-order valence-electron chi connectivity index (χ1n) is 6.34. The Bertz CT molecular complexity index is 338. The molecule has 0 aromatic heterocycles. The highest BCUT2D eigenvalue weighted by molar-refractivity contribution is 5.47. The Morgan fingerprint density at radius 1 is 1.18 bits per heavy atom. The second-order valence-electron chi connectivity index (χ2n) is 4.01. The first kappa shape index (κ1) is 13.6. The molecule has 0 spiro atoms. The van der Waals surface area contributed by atoms with Crippen LogP contribution in [0.25, 0.3) is 0 Å². The fourth-order valence-electron chi connectivity index (χ4n) is 1.82. The Hall–Kier alpha value is -1.44. The van der Waals surface area contributed by atoms with Crippen molar-refractivity contribution < 1.29 is 4.74 Å². The highest BCUT2D eigenvalue weighted by Crippen LogP contribution is 2.21. The predicted molar refractivity (Wildman–Crippen MR) is 74.3 cm³/mol. The second kappa shape index (κ2) is 7.00. The molecular weight excluding hydrogens is 210 g/mol. The van der Waals surface area contributed by atoms with Crippen molar-refractivity contribution in [2.45, 2.75) is 33.8 Å². The van der Waals surface area contributed by atoms with E-state index in [1.165, 1.54) is 11.3 Å². The summed E-state index contributed by atoms with van der Waals surface area (Å²) in [4.78, 5) is 2.33. The van der Waals surface area contributed by atoms with Gasteiger partial charge in [-0.3, -0.25) is 0 Å². The molecule has 1 rings (SSSR count). The summed E-state index contributed by atoms with van der Waals surface area (Å²) < 4.78 is 5.54. The first-order chi connectivity index (χ1) is 8.22. The van der Waals surface area contributed by atoms with Gasteiger partial charge in [-0.2, -0.15) is 0 Å². The molecule has 0 saturated carbocycles. The van der Waals surface area contributed by atoms with Gasteiger partial charge in [0.1, 0.15) is 6.10 Å². The maximum atomic E-state index is 5.54. The number of anilines is 1. The average Bonchev–Trinajstić information content (AvgIpc) is 2.38. The minimum atomic E-state index is 0.108. The lowest BCUT2D eigenvalue weighted by atomic mass is 10.1. The van der Waals surface area contributed by atoms with Gasteiger partial charge in [-0.1, -0.05) is 18.2 Å². The monoisotopic (exact) mass is 233 g/mol. The third-order valence-electron chi connectivity index (χ3n) is 2.91. The van der Waals surface area contributed by atoms with Gasteiger partial charge in [-0.05, 0) is 45.4 Å². The number of hydrogen-bond acceptors (Lipinski definition) is 2. The van der Waals surface area contributed by atoms with E-state index in [0.717, 1.165) is 13.1 Å². The largest absolute Gasteiger partial charge is 0.494 e. The summed E-state index contributed by atoms with van der Waals surface area (Å²) in [6.45, 7) is 10.5. The van der Waals surface area contributed by atoms with Gasteiger partial charge < -0.3 is 9.64 Å². The van der Waals surface area contributed by atoms with Crippen molar-refractivity contribution in [1.82, 2.24) is 0 Å². The topological polar surface area (TPSA) is 12.5 Å². The van der Waals surface area contributed by atoms with Gasteiger partial charge in [0.05, 0.1) is 6.26 Å². The Labute approximate surface area is 105 Å². The molecule has 0 N–H and O–H groups in total. The van der Waals surface area contributed by atoms with E-state index in [2.05, 4.69) is 49.9 Å². The van der Waals surface area contributed by atoms with Crippen LogP contribution in [0.4, 0.5) is 5.69 Å². The molecule has 1 atom stereocenters. The first-order valence-corrected chi connectivity index (χ1v) is 6.34. The second-order valence-corrected chi connectivity index (χ2v) is 4.01. The van der Waals surface area contributed by atoms with Crippen molar-refractivity contribution in [2.24, 2.45) is 0 Å². The molecule has 1 aromatic rings. The zero-order chi connectivity index (χ0) is 12.7. The molecule has 2 nitrogen and oxygen atoms in total. The molecule has 0 fully saturated rings. The number of allylic oxidation sites excluding steroid dienone is 1. The Kier molecular flexibility index (Phi) is 5.61. The zero-order valence-corrected chi connectivity index (χ0v) is 11.3. The summed E-state index contributed by atoms with van der Waals surface area (Å²) in [6, 6.07) is 8.61. The standard InChI is InChI=1S/C15H23NO/c1-5-12-17-13(4)14-8-10-15(11-9-14)16(6-2)7-3/h5,8-13H,6-7H2,1-4H3. The quantitative estimate of drug-likeness (QED) is 0.685. The van der Waals surface area contributed by atoms with E-state index in [4.69, 9.17) is 4.74 Å². The number of rotatable bonds is 6. The highest BCUT2D eigenvalue weighted by Gasteiger charge is 2.06. The third-order valence-corrected chi connectivity index (χ3v) is 2.91. The van der Waals surface area contributed by atoms with Gasteiger partial charge in [0.15, 0.2) is 0 Å². The maximum Gasteiger partial charge on any atom is 0.120 e. The van der Waals surface area contributed by atoms with Crippen LogP contribution >= 0.6 is 0 Å². The fourth-order valence-corrected chi connectivity index (χ4v) is 1.82. The molecule has 0 bridgehead atoms. The van der Waals surface area contributed by atoms with Crippen LogP contribution < -0.4 is 4.90 Å². The van der Waals surface area contributed by atoms with Crippen LogP contribution in [0.2, 0.25) is 0 Å². The zero-order valence-electron chi connectivity index (χ0n) is 11.3. The van der Waals surface area contributed by atoms with E-state index < -0.39 is 0 Å². The normalized spacial score (nSPS) is 12.7. The van der Waals surface area contributed by atoms with Gasteiger partial charge in [0.2, 0.25) is 0 Å². The molecule has 94 valence electrons. The van der Waals surface area contributed by atoms with Crippen molar-refractivity contribution in [3.8, 4) is 0 Å². The predicted octanol–water partition coefficient (Wildman–Crippen LogP) is 4.14. The van der Waals surface area contributed by atoms with Crippen molar-refractivity contribution >= 4 is 5.69 Å².